The monoisotopic (exact) mass is 357 g/mol. The fourth-order valence-electron chi connectivity index (χ4n) is 2.43. The van der Waals surface area contributed by atoms with Crippen molar-refractivity contribution in [2.75, 3.05) is 37.6 Å². The first-order valence-electron chi connectivity index (χ1n) is 6.52. The fraction of sp³-hybridized carbons (Fsp3) is 0.462. The number of piperazine rings is 1. The lowest BCUT2D eigenvalue weighted by Gasteiger charge is -2.35. The summed E-state index contributed by atoms with van der Waals surface area (Å²) in [5.41, 5.74) is 1.62. The number of anilines is 1. The van der Waals surface area contributed by atoms with Gasteiger partial charge in [-0.25, -0.2) is 0 Å². The Morgan fingerprint density at radius 1 is 1.38 bits per heavy atom. The molecule has 1 aromatic rings. The molecule has 1 aliphatic heterocycles. The zero-order valence-electron chi connectivity index (χ0n) is 11.6. The van der Waals surface area contributed by atoms with Crippen LogP contribution in [0.1, 0.15) is 5.56 Å². The van der Waals surface area contributed by atoms with Gasteiger partial charge in [0, 0.05) is 42.3 Å². The Morgan fingerprint density at radius 3 is 2.52 bits per heavy atom. The normalized spacial score (nSPS) is 16.0. The molecule has 1 aromatic carbocycles. The van der Waals surface area contributed by atoms with Gasteiger partial charge < -0.3 is 10.0 Å². The van der Waals surface area contributed by atoms with E-state index in [0.717, 1.165) is 5.69 Å². The number of carboxylic acid groups (broad SMARTS) is 1. The number of carbonyl (C=O) groups is 1. The van der Waals surface area contributed by atoms with Crippen molar-refractivity contribution in [2.45, 2.75) is 6.92 Å². The van der Waals surface area contributed by atoms with Gasteiger partial charge in [-0.15, -0.1) is 0 Å². The van der Waals surface area contributed by atoms with Crippen LogP contribution < -0.4 is 4.90 Å². The lowest BCUT2D eigenvalue weighted by molar-refractivity contribution is -0.385. The molecular formula is C13H16BrN3O4. The lowest BCUT2D eigenvalue weighted by Crippen LogP contribution is -2.48. The van der Waals surface area contributed by atoms with E-state index >= 15 is 0 Å². The lowest BCUT2D eigenvalue weighted by atomic mass is 10.1. The summed E-state index contributed by atoms with van der Waals surface area (Å²) in [5.74, 6) is -0.823. The van der Waals surface area contributed by atoms with Crippen molar-refractivity contribution in [2.24, 2.45) is 0 Å². The molecule has 0 spiro atoms. The highest BCUT2D eigenvalue weighted by atomic mass is 79.9. The second kappa shape index (κ2) is 6.40. The average molecular weight is 358 g/mol. The molecule has 1 saturated heterocycles. The maximum absolute atomic E-state index is 10.9. The van der Waals surface area contributed by atoms with Gasteiger partial charge in [-0.05, 0) is 28.9 Å². The molecule has 2 rings (SSSR count). The van der Waals surface area contributed by atoms with E-state index in [4.69, 9.17) is 5.11 Å². The Balaban J connectivity index is 2.12. The number of benzene rings is 1. The van der Waals surface area contributed by atoms with Crippen LogP contribution in [0.4, 0.5) is 11.4 Å². The topological polar surface area (TPSA) is 86.9 Å². The minimum Gasteiger partial charge on any atom is -0.480 e. The Morgan fingerprint density at radius 2 is 2.00 bits per heavy atom. The van der Waals surface area contributed by atoms with Crippen molar-refractivity contribution >= 4 is 33.3 Å². The number of hydrogen-bond donors (Lipinski definition) is 1. The zero-order chi connectivity index (χ0) is 15.6. The van der Waals surface area contributed by atoms with Gasteiger partial charge in [-0.3, -0.25) is 19.8 Å². The summed E-state index contributed by atoms with van der Waals surface area (Å²) in [4.78, 5) is 25.2. The Hall–Kier alpha value is -1.67. The Bertz CT molecular complexity index is 571. The average Bonchev–Trinajstić information content (AvgIpc) is 2.41. The second-order valence-corrected chi connectivity index (χ2v) is 5.86. The highest BCUT2D eigenvalue weighted by Crippen LogP contribution is 2.33. The molecule has 0 aliphatic carbocycles. The summed E-state index contributed by atoms with van der Waals surface area (Å²) in [5, 5.41) is 19.7. The Labute approximate surface area is 130 Å². The second-order valence-electron chi connectivity index (χ2n) is 5.00. The molecule has 0 saturated carbocycles. The number of aliphatic carboxylic acids is 1. The number of nitro benzene ring substituents is 1. The summed E-state index contributed by atoms with van der Waals surface area (Å²) in [6.45, 7) is 4.48. The third-order valence-corrected chi connectivity index (χ3v) is 4.17. The van der Waals surface area contributed by atoms with Crippen LogP contribution in [-0.4, -0.2) is 53.6 Å². The predicted octanol–water partition coefficient (Wildman–Crippen LogP) is 1.87. The van der Waals surface area contributed by atoms with Gasteiger partial charge in [0.25, 0.3) is 5.69 Å². The first kappa shape index (κ1) is 15.7. The molecule has 21 heavy (non-hydrogen) atoms. The number of halogens is 1. The molecule has 7 nitrogen and oxygen atoms in total. The van der Waals surface area contributed by atoms with Crippen LogP contribution in [-0.2, 0) is 4.79 Å². The van der Waals surface area contributed by atoms with Crippen molar-refractivity contribution in [3.05, 3.63) is 32.3 Å². The minimum absolute atomic E-state index is 0.0499. The SMILES string of the molecule is Cc1cc(N2CCN(CC(=O)O)CC2)c(Br)cc1[N+](=O)[O-]. The molecule has 0 aromatic heterocycles. The van der Waals surface area contributed by atoms with Crippen LogP contribution in [0.2, 0.25) is 0 Å². The van der Waals surface area contributed by atoms with Gasteiger partial charge in [-0.1, -0.05) is 0 Å². The summed E-state index contributed by atoms with van der Waals surface area (Å²) >= 11 is 3.39. The van der Waals surface area contributed by atoms with Crippen molar-refractivity contribution < 1.29 is 14.8 Å². The molecule has 0 radical (unpaired) electrons. The van der Waals surface area contributed by atoms with Crippen LogP contribution in [0.5, 0.6) is 0 Å². The number of rotatable bonds is 4. The van der Waals surface area contributed by atoms with Crippen LogP contribution >= 0.6 is 15.9 Å². The van der Waals surface area contributed by atoms with E-state index in [1.807, 2.05) is 4.90 Å². The first-order valence-corrected chi connectivity index (χ1v) is 7.31. The van der Waals surface area contributed by atoms with Crippen molar-refractivity contribution in [3.63, 3.8) is 0 Å². The van der Waals surface area contributed by atoms with Gasteiger partial charge in [0.1, 0.15) is 0 Å². The van der Waals surface area contributed by atoms with E-state index in [2.05, 4.69) is 20.8 Å². The van der Waals surface area contributed by atoms with Gasteiger partial charge in [0.15, 0.2) is 0 Å². The molecule has 1 aliphatic rings. The number of hydrogen-bond acceptors (Lipinski definition) is 5. The molecule has 0 unspecified atom stereocenters. The highest BCUT2D eigenvalue weighted by Gasteiger charge is 2.22. The van der Waals surface area contributed by atoms with Crippen LogP contribution in [0.25, 0.3) is 0 Å². The van der Waals surface area contributed by atoms with E-state index in [1.54, 1.807) is 13.0 Å². The number of nitro groups is 1. The molecule has 0 amide bonds. The molecule has 1 heterocycles. The predicted molar refractivity (Wildman–Crippen MR) is 81.8 cm³/mol. The van der Waals surface area contributed by atoms with E-state index in [-0.39, 0.29) is 12.2 Å². The van der Waals surface area contributed by atoms with Crippen LogP contribution in [0, 0.1) is 17.0 Å². The fourth-order valence-corrected chi connectivity index (χ4v) is 3.02. The largest absolute Gasteiger partial charge is 0.480 e. The summed E-state index contributed by atoms with van der Waals surface area (Å²) < 4.78 is 0.687. The molecule has 0 atom stereocenters. The van der Waals surface area contributed by atoms with Gasteiger partial charge in [0.05, 0.1) is 17.2 Å². The van der Waals surface area contributed by atoms with Crippen LogP contribution in [0.15, 0.2) is 16.6 Å². The van der Waals surface area contributed by atoms with E-state index < -0.39 is 10.9 Å². The van der Waals surface area contributed by atoms with Crippen LogP contribution in [0.3, 0.4) is 0 Å². The van der Waals surface area contributed by atoms with E-state index in [1.165, 1.54) is 6.07 Å². The summed E-state index contributed by atoms with van der Waals surface area (Å²) in [6, 6.07) is 3.32. The molecular weight excluding hydrogens is 342 g/mol. The Kier molecular flexibility index (Phi) is 4.79. The molecule has 1 N–H and O–H groups in total. The molecule has 114 valence electrons. The maximum Gasteiger partial charge on any atom is 0.317 e. The van der Waals surface area contributed by atoms with Gasteiger partial charge >= 0.3 is 5.97 Å². The van der Waals surface area contributed by atoms with Gasteiger partial charge in [0.2, 0.25) is 0 Å². The third kappa shape index (κ3) is 3.70. The van der Waals surface area contributed by atoms with Crippen molar-refractivity contribution in [3.8, 4) is 0 Å². The zero-order valence-corrected chi connectivity index (χ0v) is 13.2. The maximum atomic E-state index is 10.9. The number of nitrogens with zero attached hydrogens (tertiary/aromatic N) is 3. The summed E-state index contributed by atoms with van der Waals surface area (Å²) in [7, 11) is 0. The first-order chi connectivity index (χ1) is 9.88. The number of carboxylic acids is 1. The number of aryl methyl sites for hydroxylation is 1. The smallest absolute Gasteiger partial charge is 0.317 e. The highest BCUT2D eigenvalue weighted by molar-refractivity contribution is 9.10. The standard InChI is InChI=1S/C13H16BrN3O4/c1-9-6-12(10(14)7-11(9)17(20)21)16-4-2-15(3-5-16)8-13(18)19/h6-7H,2-5,8H2,1H3,(H,18,19). The third-order valence-electron chi connectivity index (χ3n) is 3.53. The van der Waals surface area contributed by atoms with Crippen molar-refractivity contribution in [1.82, 2.24) is 4.90 Å². The van der Waals surface area contributed by atoms with Crippen molar-refractivity contribution in [1.29, 1.82) is 0 Å². The summed E-state index contributed by atoms with van der Waals surface area (Å²) in [6.07, 6.45) is 0. The van der Waals surface area contributed by atoms with E-state index in [9.17, 15) is 14.9 Å². The minimum atomic E-state index is -0.823. The van der Waals surface area contributed by atoms with Gasteiger partial charge in [-0.2, -0.15) is 0 Å². The molecule has 1 fully saturated rings. The molecule has 8 heteroatoms. The molecule has 0 bridgehead atoms. The quantitative estimate of drug-likeness (QED) is 0.653. The van der Waals surface area contributed by atoms with E-state index in [0.29, 0.717) is 36.2 Å².